The van der Waals surface area contributed by atoms with E-state index in [9.17, 15) is 21.6 Å². The van der Waals surface area contributed by atoms with Crippen LogP contribution in [0.4, 0.5) is 24.5 Å². The standard InChI is InChI=1S/C28H31F3N4O3S3/c1-40(32,36)20-9-10-23(25(16-20)38-19-7-8-19)34-13-3-6-26-22(17-28(29,30)31)21-4-2-5-24(27(21)39-26)35-18-11-14-41(33,37)15-12-18/h2,4-5,9-10,16,18-19,32-35H,7-8,11-15,17H2,1H3. The second-order valence-electron chi connectivity index (χ2n) is 10.5. The van der Waals surface area contributed by atoms with E-state index in [4.69, 9.17) is 14.3 Å². The van der Waals surface area contributed by atoms with Crippen molar-refractivity contribution in [3.63, 3.8) is 0 Å². The van der Waals surface area contributed by atoms with Crippen LogP contribution in [-0.2, 0) is 25.9 Å². The maximum atomic E-state index is 13.6. The zero-order valence-corrected chi connectivity index (χ0v) is 24.8. The van der Waals surface area contributed by atoms with Crippen LogP contribution in [0.3, 0.4) is 0 Å². The molecule has 41 heavy (non-hydrogen) atoms. The van der Waals surface area contributed by atoms with Crippen molar-refractivity contribution in [2.24, 2.45) is 0 Å². The van der Waals surface area contributed by atoms with Crippen LogP contribution >= 0.6 is 11.3 Å². The van der Waals surface area contributed by atoms with Gasteiger partial charge in [0.25, 0.3) is 0 Å². The molecule has 0 amide bonds. The number of benzene rings is 2. The lowest BCUT2D eigenvalue weighted by molar-refractivity contribution is -0.126. The van der Waals surface area contributed by atoms with E-state index in [1.54, 1.807) is 30.3 Å². The highest BCUT2D eigenvalue weighted by atomic mass is 32.2. The van der Waals surface area contributed by atoms with Crippen molar-refractivity contribution in [1.82, 2.24) is 0 Å². The van der Waals surface area contributed by atoms with Gasteiger partial charge in [0.05, 0.1) is 54.6 Å². The molecule has 0 spiro atoms. The summed E-state index contributed by atoms with van der Waals surface area (Å²) in [6, 6.07) is 10.1. The summed E-state index contributed by atoms with van der Waals surface area (Å²) in [6.07, 6.45) is -1.10. The van der Waals surface area contributed by atoms with Crippen LogP contribution in [0.25, 0.3) is 10.1 Å². The Labute approximate surface area is 242 Å². The molecule has 7 nitrogen and oxygen atoms in total. The van der Waals surface area contributed by atoms with Gasteiger partial charge in [-0.3, -0.25) is 4.78 Å². The van der Waals surface area contributed by atoms with Crippen molar-refractivity contribution in [3.05, 3.63) is 46.8 Å². The number of ether oxygens (including phenoxy) is 1. The van der Waals surface area contributed by atoms with Gasteiger partial charge in [0.15, 0.2) is 0 Å². The van der Waals surface area contributed by atoms with Gasteiger partial charge in [0, 0.05) is 33.5 Å². The number of halogens is 3. The number of thiophene rings is 1. The summed E-state index contributed by atoms with van der Waals surface area (Å²) in [5.41, 5.74) is 1.47. The molecule has 4 N–H and O–H groups in total. The van der Waals surface area contributed by atoms with E-state index in [2.05, 4.69) is 22.5 Å². The first-order valence-electron chi connectivity index (χ1n) is 13.2. The van der Waals surface area contributed by atoms with Crippen molar-refractivity contribution in [1.29, 1.82) is 9.56 Å². The molecule has 2 aliphatic rings. The highest BCUT2D eigenvalue weighted by Gasteiger charge is 2.31. The van der Waals surface area contributed by atoms with Crippen molar-refractivity contribution in [3.8, 4) is 17.6 Å². The van der Waals surface area contributed by atoms with Crippen LogP contribution in [0.2, 0.25) is 0 Å². The molecule has 2 fully saturated rings. The minimum atomic E-state index is -4.41. The fourth-order valence-corrected chi connectivity index (χ4v) is 8.02. The number of rotatable bonds is 8. The summed E-state index contributed by atoms with van der Waals surface area (Å²) >= 11 is 1.22. The molecule has 13 heteroatoms. The summed E-state index contributed by atoms with van der Waals surface area (Å²) in [4.78, 5) is 0.703. The van der Waals surface area contributed by atoms with E-state index in [-0.39, 0.29) is 24.3 Å². The van der Waals surface area contributed by atoms with Gasteiger partial charge in [-0.2, -0.15) is 13.2 Å². The lowest BCUT2D eigenvalue weighted by atomic mass is 10.1. The number of anilines is 2. The number of fused-ring (bicyclic) bond motifs is 1. The van der Waals surface area contributed by atoms with E-state index in [0.29, 0.717) is 61.3 Å². The fraction of sp³-hybridized carbons (Fsp3) is 0.429. The minimum Gasteiger partial charge on any atom is -0.488 e. The monoisotopic (exact) mass is 624 g/mol. The molecule has 1 aliphatic heterocycles. The molecule has 5 rings (SSSR count). The first kappa shape index (κ1) is 29.5. The smallest absolute Gasteiger partial charge is 0.393 e. The van der Waals surface area contributed by atoms with E-state index in [1.807, 2.05) is 6.07 Å². The molecule has 1 unspecified atom stereocenters. The van der Waals surface area contributed by atoms with Crippen LogP contribution in [0.1, 0.15) is 36.1 Å². The molecular weight excluding hydrogens is 594 g/mol. The predicted octanol–water partition coefficient (Wildman–Crippen LogP) is 6.67. The van der Waals surface area contributed by atoms with Crippen LogP contribution < -0.4 is 15.4 Å². The highest BCUT2D eigenvalue weighted by Crippen LogP contribution is 2.40. The average molecular weight is 625 g/mol. The summed E-state index contributed by atoms with van der Waals surface area (Å²) in [5.74, 6) is 6.99. The van der Waals surface area contributed by atoms with Crippen LogP contribution in [0.15, 0.2) is 41.3 Å². The molecule has 0 bridgehead atoms. The largest absolute Gasteiger partial charge is 0.488 e. The maximum Gasteiger partial charge on any atom is 0.393 e. The van der Waals surface area contributed by atoms with Gasteiger partial charge in [0.2, 0.25) is 0 Å². The first-order chi connectivity index (χ1) is 19.3. The second kappa shape index (κ2) is 11.4. The molecule has 0 radical (unpaired) electrons. The zero-order valence-electron chi connectivity index (χ0n) is 22.4. The van der Waals surface area contributed by atoms with Crippen LogP contribution in [0, 0.1) is 21.4 Å². The van der Waals surface area contributed by atoms with E-state index >= 15 is 0 Å². The van der Waals surface area contributed by atoms with Gasteiger partial charge in [-0.1, -0.05) is 24.0 Å². The second-order valence-corrected chi connectivity index (χ2v) is 16.1. The molecule has 1 saturated heterocycles. The molecular formula is C28H31F3N4O3S3. The Bertz CT molecular complexity index is 1720. The Kier molecular flexibility index (Phi) is 8.20. The fourth-order valence-electron chi connectivity index (χ4n) is 4.65. The third-order valence-corrected chi connectivity index (χ3v) is 11.1. The van der Waals surface area contributed by atoms with E-state index < -0.39 is 32.1 Å². The Morgan fingerprint density at radius 3 is 2.54 bits per heavy atom. The molecule has 2 heterocycles. The SMILES string of the molecule is CS(=N)(=O)c1ccc(NCC#Cc2sc3c(NC4CCS(=N)(=O)CC4)cccc3c2CC(F)(F)F)c(OC2CC2)c1. The maximum absolute atomic E-state index is 13.6. The van der Waals surface area contributed by atoms with Gasteiger partial charge in [-0.05, 0) is 60.9 Å². The topological polar surface area (TPSA) is 115 Å². The Hall–Kier alpha value is -2.95. The molecule has 1 aliphatic carbocycles. The summed E-state index contributed by atoms with van der Waals surface area (Å²) < 4.78 is 87.3. The van der Waals surface area contributed by atoms with Gasteiger partial charge < -0.3 is 15.4 Å². The Morgan fingerprint density at radius 1 is 1.15 bits per heavy atom. The minimum absolute atomic E-state index is 0.00185. The lowest BCUT2D eigenvalue weighted by Crippen LogP contribution is -2.31. The Balaban J connectivity index is 1.39. The van der Waals surface area contributed by atoms with Crippen molar-refractivity contribution >= 4 is 52.3 Å². The summed E-state index contributed by atoms with van der Waals surface area (Å²) in [6.45, 7) is 0.141. The van der Waals surface area contributed by atoms with Gasteiger partial charge in [-0.15, -0.1) is 11.3 Å². The zero-order chi connectivity index (χ0) is 29.4. The van der Waals surface area contributed by atoms with Gasteiger partial charge in [0.1, 0.15) is 5.75 Å². The first-order valence-corrected chi connectivity index (χ1v) is 17.8. The van der Waals surface area contributed by atoms with Gasteiger partial charge in [-0.25, -0.2) is 13.2 Å². The average Bonchev–Trinajstić information content (AvgIpc) is 3.63. The molecule has 3 aromatic rings. The third kappa shape index (κ3) is 7.67. The molecule has 220 valence electrons. The van der Waals surface area contributed by atoms with Crippen LogP contribution in [-0.4, -0.2) is 51.0 Å². The van der Waals surface area contributed by atoms with Gasteiger partial charge >= 0.3 is 6.18 Å². The third-order valence-electron chi connectivity index (χ3n) is 6.94. The molecule has 1 atom stereocenters. The predicted molar refractivity (Wildman–Crippen MR) is 159 cm³/mol. The number of alkyl halides is 3. The van der Waals surface area contributed by atoms with E-state index in [1.165, 1.54) is 17.6 Å². The molecule has 1 aromatic heterocycles. The lowest BCUT2D eigenvalue weighted by Gasteiger charge is -2.25. The van der Waals surface area contributed by atoms with Crippen molar-refractivity contribution in [2.45, 2.75) is 55.3 Å². The number of nitrogens with one attached hydrogen (secondary N) is 4. The normalized spacial score (nSPS) is 22.4. The summed E-state index contributed by atoms with van der Waals surface area (Å²) in [7, 11) is -5.46. The number of hydrogen-bond acceptors (Lipinski definition) is 8. The van der Waals surface area contributed by atoms with E-state index in [0.717, 1.165) is 12.8 Å². The number of hydrogen-bond donors (Lipinski definition) is 4. The molecule has 1 saturated carbocycles. The Morgan fingerprint density at radius 2 is 1.88 bits per heavy atom. The van der Waals surface area contributed by atoms with Crippen molar-refractivity contribution in [2.75, 3.05) is 34.9 Å². The molecule has 2 aromatic carbocycles. The summed E-state index contributed by atoms with van der Waals surface area (Å²) in [5, 5.41) is 7.06. The highest BCUT2D eigenvalue weighted by molar-refractivity contribution is 7.92. The van der Waals surface area contributed by atoms with Crippen molar-refractivity contribution < 1.29 is 26.3 Å². The quantitative estimate of drug-likeness (QED) is 0.209. The van der Waals surface area contributed by atoms with Crippen LogP contribution in [0.5, 0.6) is 5.75 Å².